The molecule has 0 radical (unpaired) electrons. The zero-order valence-corrected chi connectivity index (χ0v) is 18.2. The van der Waals surface area contributed by atoms with Crippen LogP contribution in [0, 0.1) is 0 Å². The molecule has 0 spiro atoms. The van der Waals surface area contributed by atoms with Gasteiger partial charge in [0.2, 0.25) is 0 Å². The average molecular weight is 470 g/mol. The minimum Gasteiger partial charge on any atom is -0.488 e. The molecule has 2 aromatic rings. The molecule has 152 valence electrons. The first-order chi connectivity index (χ1) is 13.7. The van der Waals surface area contributed by atoms with E-state index in [9.17, 15) is 13.2 Å². The maximum absolute atomic E-state index is 12.6. The molecule has 1 aliphatic rings. The summed E-state index contributed by atoms with van der Waals surface area (Å²) in [6, 6.07) is 14.5. The first kappa shape index (κ1) is 21.8. The summed E-state index contributed by atoms with van der Waals surface area (Å²) in [5.41, 5.74) is 1.64. The molecule has 0 aromatic heterocycles. The minimum atomic E-state index is -4.19. The summed E-state index contributed by atoms with van der Waals surface area (Å²) in [6.45, 7) is 0.132. The number of ether oxygens (including phenoxy) is 1. The SMILES string of the molecule is O=C1C(=Cc2ccccc2OCc2ccc(Cl)cc2)SC(=S)N1CCS(=O)(=O)O. The van der Waals surface area contributed by atoms with Crippen LogP contribution in [0.25, 0.3) is 6.08 Å². The van der Waals surface area contributed by atoms with Gasteiger partial charge in [0.1, 0.15) is 16.7 Å². The quantitative estimate of drug-likeness (QED) is 0.372. The number of benzene rings is 2. The third kappa shape index (κ3) is 6.03. The molecule has 1 heterocycles. The van der Waals surface area contributed by atoms with Crippen molar-refractivity contribution in [1.82, 2.24) is 4.90 Å². The number of thiocarbonyl (C=S) groups is 1. The highest BCUT2D eigenvalue weighted by atomic mass is 35.5. The van der Waals surface area contributed by atoms with Gasteiger partial charge in [-0.2, -0.15) is 8.42 Å². The van der Waals surface area contributed by atoms with Gasteiger partial charge < -0.3 is 4.74 Å². The molecule has 0 saturated carbocycles. The Bertz CT molecular complexity index is 1070. The van der Waals surface area contributed by atoms with E-state index in [1.54, 1.807) is 24.3 Å². The number of para-hydroxylation sites is 1. The van der Waals surface area contributed by atoms with E-state index in [0.717, 1.165) is 22.2 Å². The normalized spacial score (nSPS) is 15.9. The van der Waals surface area contributed by atoms with Crippen molar-refractivity contribution in [2.45, 2.75) is 6.61 Å². The Balaban J connectivity index is 1.75. The largest absolute Gasteiger partial charge is 0.488 e. The Morgan fingerprint density at radius 1 is 1.17 bits per heavy atom. The number of rotatable bonds is 7. The Morgan fingerprint density at radius 2 is 1.86 bits per heavy atom. The van der Waals surface area contributed by atoms with Crippen molar-refractivity contribution in [1.29, 1.82) is 0 Å². The van der Waals surface area contributed by atoms with Crippen molar-refractivity contribution in [3.8, 4) is 5.75 Å². The number of carbonyl (C=O) groups is 1. The predicted octanol–water partition coefficient (Wildman–Crippen LogP) is 4.01. The van der Waals surface area contributed by atoms with Gasteiger partial charge in [-0.25, -0.2) is 0 Å². The fourth-order valence-corrected chi connectivity index (χ4v) is 4.35. The van der Waals surface area contributed by atoms with Crippen molar-refractivity contribution in [3.05, 3.63) is 69.6 Å². The molecule has 10 heteroatoms. The number of hydrogen-bond acceptors (Lipinski definition) is 6. The zero-order valence-electron chi connectivity index (χ0n) is 14.9. The van der Waals surface area contributed by atoms with E-state index in [1.165, 1.54) is 0 Å². The lowest BCUT2D eigenvalue weighted by molar-refractivity contribution is -0.121. The molecule has 0 bridgehead atoms. The molecule has 0 unspecified atom stereocenters. The number of thioether (sulfide) groups is 1. The van der Waals surface area contributed by atoms with Crippen LogP contribution in [-0.2, 0) is 21.5 Å². The number of carbonyl (C=O) groups excluding carboxylic acids is 1. The molecule has 0 atom stereocenters. The van der Waals surface area contributed by atoms with E-state index in [-0.39, 0.29) is 10.9 Å². The molecule has 2 aromatic carbocycles. The van der Waals surface area contributed by atoms with E-state index in [0.29, 0.717) is 27.8 Å². The van der Waals surface area contributed by atoms with Crippen molar-refractivity contribution >= 4 is 62.0 Å². The molecule has 0 aliphatic carbocycles. The highest BCUT2D eigenvalue weighted by molar-refractivity contribution is 8.26. The van der Waals surface area contributed by atoms with Crippen molar-refractivity contribution < 1.29 is 22.5 Å². The van der Waals surface area contributed by atoms with Gasteiger partial charge in [0.05, 0.1) is 10.7 Å². The van der Waals surface area contributed by atoms with Gasteiger partial charge in [0.15, 0.2) is 0 Å². The van der Waals surface area contributed by atoms with Crippen LogP contribution in [0.15, 0.2) is 53.4 Å². The molecule has 29 heavy (non-hydrogen) atoms. The van der Waals surface area contributed by atoms with Gasteiger partial charge in [-0.3, -0.25) is 14.2 Å². The number of hydrogen-bond donors (Lipinski definition) is 1. The van der Waals surface area contributed by atoms with Crippen LogP contribution in [-0.4, -0.2) is 40.4 Å². The van der Waals surface area contributed by atoms with Crippen molar-refractivity contribution in [3.63, 3.8) is 0 Å². The lowest BCUT2D eigenvalue weighted by atomic mass is 10.1. The van der Waals surface area contributed by atoms with E-state index in [2.05, 4.69) is 0 Å². The fraction of sp³-hybridized carbons (Fsp3) is 0.158. The summed E-state index contributed by atoms with van der Waals surface area (Å²) in [4.78, 5) is 14.1. The van der Waals surface area contributed by atoms with Gasteiger partial charge in [-0.05, 0) is 29.8 Å². The second-order valence-electron chi connectivity index (χ2n) is 6.07. The standard InChI is InChI=1S/C19H16ClNO5S3/c20-15-7-5-13(6-8-15)12-26-16-4-2-1-3-14(16)11-17-18(22)21(19(27)28-17)9-10-29(23,24)25/h1-8,11H,9-10,12H2,(H,23,24,25). The summed E-state index contributed by atoms with van der Waals surface area (Å²) >= 11 is 12.1. The van der Waals surface area contributed by atoms with Crippen molar-refractivity contribution in [2.24, 2.45) is 0 Å². The molecular weight excluding hydrogens is 454 g/mol. The summed E-state index contributed by atoms with van der Waals surface area (Å²) in [7, 11) is -4.19. The van der Waals surface area contributed by atoms with E-state index in [1.807, 2.05) is 30.3 Å². The maximum Gasteiger partial charge on any atom is 0.266 e. The van der Waals surface area contributed by atoms with Gasteiger partial charge in [-0.15, -0.1) is 0 Å². The highest BCUT2D eigenvalue weighted by Gasteiger charge is 2.32. The lowest BCUT2D eigenvalue weighted by Crippen LogP contribution is -2.32. The Kier molecular flexibility index (Phi) is 6.97. The lowest BCUT2D eigenvalue weighted by Gasteiger charge is -2.12. The zero-order chi connectivity index (χ0) is 21.0. The van der Waals surface area contributed by atoms with E-state index < -0.39 is 21.8 Å². The monoisotopic (exact) mass is 469 g/mol. The molecule has 1 fully saturated rings. The first-order valence-electron chi connectivity index (χ1n) is 8.40. The van der Waals surface area contributed by atoms with Crippen molar-refractivity contribution in [2.75, 3.05) is 12.3 Å². The average Bonchev–Trinajstić information content (AvgIpc) is 2.93. The van der Waals surface area contributed by atoms with Gasteiger partial charge in [0, 0.05) is 17.1 Å². The fourth-order valence-electron chi connectivity index (χ4n) is 2.51. The van der Waals surface area contributed by atoms with Crippen LogP contribution in [0.2, 0.25) is 5.02 Å². The third-order valence-electron chi connectivity index (χ3n) is 3.96. The smallest absolute Gasteiger partial charge is 0.266 e. The third-order valence-corrected chi connectivity index (χ3v) is 6.29. The Morgan fingerprint density at radius 3 is 2.55 bits per heavy atom. The summed E-state index contributed by atoms with van der Waals surface area (Å²) in [6.07, 6.45) is 1.66. The summed E-state index contributed by atoms with van der Waals surface area (Å²) in [5.74, 6) is -0.394. The molecule has 6 nitrogen and oxygen atoms in total. The first-order valence-corrected chi connectivity index (χ1v) is 11.6. The highest BCUT2D eigenvalue weighted by Crippen LogP contribution is 2.34. The predicted molar refractivity (Wildman–Crippen MR) is 119 cm³/mol. The molecule has 1 aliphatic heterocycles. The number of nitrogens with zero attached hydrogens (tertiary/aromatic N) is 1. The Hall–Kier alpha value is -1.91. The van der Waals surface area contributed by atoms with Gasteiger partial charge in [-0.1, -0.05) is 65.9 Å². The molecule has 1 saturated heterocycles. The van der Waals surface area contributed by atoms with Gasteiger partial charge in [0.25, 0.3) is 16.0 Å². The summed E-state index contributed by atoms with van der Waals surface area (Å²) < 4.78 is 36.9. The molecule has 1 amide bonds. The summed E-state index contributed by atoms with van der Waals surface area (Å²) in [5, 5.41) is 0.644. The van der Waals surface area contributed by atoms with E-state index in [4.69, 9.17) is 33.1 Å². The molecular formula is C19H16ClNO5S3. The number of amides is 1. The molecule has 1 N–H and O–H groups in total. The van der Waals surface area contributed by atoms with Crippen LogP contribution >= 0.6 is 35.6 Å². The van der Waals surface area contributed by atoms with Gasteiger partial charge >= 0.3 is 0 Å². The topological polar surface area (TPSA) is 83.9 Å². The van der Waals surface area contributed by atoms with E-state index >= 15 is 0 Å². The minimum absolute atomic E-state index is 0.199. The van der Waals surface area contributed by atoms with Crippen LogP contribution in [0.5, 0.6) is 5.75 Å². The Labute approximate surface area is 183 Å². The van der Waals surface area contributed by atoms with Crippen LogP contribution < -0.4 is 4.74 Å². The van der Waals surface area contributed by atoms with Crippen LogP contribution in [0.4, 0.5) is 0 Å². The van der Waals surface area contributed by atoms with Crippen LogP contribution in [0.1, 0.15) is 11.1 Å². The van der Waals surface area contributed by atoms with Crippen LogP contribution in [0.3, 0.4) is 0 Å². The molecule has 3 rings (SSSR count). The second kappa shape index (κ2) is 9.27. The second-order valence-corrected chi connectivity index (χ2v) is 9.76. The maximum atomic E-state index is 12.6. The number of halogens is 1.